The van der Waals surface area contributed by atoms with Crippen LogP contribution in [0.4, 0.5) is 5.69 Å². The van der Waals surface area contributed by atoms with Crippen molar-refractivity contribution >= 4 is 40.5 Å². The lowest BCUT2D eigenvalue weighted by atomic mass is 10.1. The Bertz CT molecular complexity index is 1120. The molecule has 0 radical (unpaired) electrons. The van der Waals surface area contributed by atoms with Gasteiger partial charge in [-0.15, -0.1) is 11.3 Å². The predicted octanol–water partition coefficient (Wildman–Crippen LogP) is 4.82. The monoisotopic (exact) mass is 474 g/mol. The van der Waals surface area contributed by atoms with Crippen molar-refractivity contribution in [2.24, 2.45) is 0 Å². The Morgan fingerprint density at radius 2 is 1.84 bits per heavy atom. The van der Waals surface area contributed by atoms with E-state index in [1.807, 2.05) is 32.0 Å². The van der Waals surface area contributed by atoms with Crippen LogP contribution < -0.4 is 14.8 Å². The number of anilines is 1. The average molecular weight is 475 g/mol. The van der Waals surface area contributed by atoms with Crippen molar-refractivity contribution in [2.45, 2.75) is 20.3 Å². The summed E-state index contributed by atoms with van der Waals surface area (Å²) in [5.41, 5.74) is 3.74. The van der Waals surface area contributed by atoms with Crippen LogP contribution in [-0.2, 0) is 20.7 Å². The van der Waals surface area contributed by atoms with Crippen LogP contribution in [0, 0.1) is 13.8 Å². The minimum Gasteiger partial charge on any atom is -0.493 e. The second-order valence-electron chi connectivity index (χ2n) is 7.04. The van der Waals surface area contributed by atoms with Crippen LogP contribution in [0.3, 0.4) is 0 Å². The molecule has 3 aromatic rings. The fourth-order valence-corrected chi connectivity index (χ4v) is 4.27. The van der Waals surface area contributed by atoms with E-state index in [1.165, 1.54) is 11.3 Å². The number of ether oxygens (including phenoxy) is 3. The Morgan fingerprint density at radius 1 is 1.09 bits per heavy atom. The number of carbonyl (C=O) groups is 2. The molecule has 168 valence electrons. The van der Waals surface area contributed by atoms with E-state index in [0.29, 0.717) is 27.9 Å². The lowest BCUT2D eigenvalue weighted by molar-refractivity contribution is -0.146. The zero-order valence-electron chi connectivity index (χ0n) is 18.2. The van der Waals surface area contributed by atoms with Crippen molar-refractivity contribution in [3.63, 3.8) is 0 Å². The maximum absolute atomic E-state index is 12.2. The number of aryl methyl sites for hydroxylation is 2. The third-order valence-electron chi connectivity index (χ3n) is 4.57. The van der Waals surface area contributed by atoms with Gasteiger partial charge >= 0.3 is 5.97 Å². The molecule has 1 aromatic heterocycles. The lowest BCUT2D eigenvalue weighted by Crippen LogP contribution is -2.22. The standard InChI is InChI=1S/C23H23ClN2O5S/c1-13-7-14(2)22(17(24)8-13)26-20(27)11-31-21(28)10-16-12-32-23(25-16)15-5-6-18(29-3)19(9-15)30-4/h5-9,12H,10-11H2,1-4H3,(H,26,27). The number of thiazole rings is 1. The molecule has 0 atom stereocenters. The summed E-state index contributed by atoms with van der Waals surface area (Å²) in [5, 5.41) is 5.64. The molecule has 0 saturated carbocycles. The molecule has 2 aromatic carbocycles. The zero-order valence-corrected chi connectivity index (χ0v) is 19.7. The summed E-state index contributed by atoms with van der Waals surface area (Å²) in [5.74, 6) is 0.209. The number of nitrogens with zero attached hydrogens (tertiary/aromatic N) is 1. The highest BCUT2D eigenvalue weighted by Gasteiger charge is 2.15. The van der Waals surface area contributed by atoms with Gasteiger partial charge in [0.25, 0.3) is 5.91 Å². The van der Waals surface area contributed by atoms with Crippen LogP contribution in [0.1, 0.15) is 16.8 Å². The number of esters is 1. The van der Waals surface area contributed by atoms with Crippen molar-refractivity contribution in [1.82, 2.24) is 4.98 Å². The summed E-state index contributed by atoms with van der Waals surface area (Å²) in [6.07, 6.45) is -0.0403. The minimum atomic E-state index is -0.545. The first-order chi connectivity index (χ1) is 15.3. The van der Waals surface area contributed by atoms with Gasteiger partial charge in [-0.2, -0.15) is 0 Å². The maximum Gasteiger partial charge on any atom is 0.312 e. The summed E-state index contributed by atoms with van der Waals surface area (Å²) in [6, 6.07) is 9.15. The molecule has 0 aliphatic carbocycles. The summed E-state index contributed by atoms with van der Waals surface area (Å²) < 4.78 is 15.7. The number of hydrogen-bond donors (Lipinski definition) is 1. The largest absolute Gasteiger partial charge is 0.493 e. The predicted molar refractivity (Wildman–Crippen MR) is 125 cm³/mol. The van der Waals surface area contributed by atoms with Crippen LogP contribution in [-0.4, -0.2) is 37.7 Å². The van der Waals surface area contributed by atoms with Crippen LogP contribution in [0.2, 0.25) is 5.02 Å². The Morgan fingerprint density at radius 3 is 2.53 bits per heavy atom. The molecule has 3 rings (SSSR count). The first-order valence-electron chi connectivity index (χ1n) is 9.69. The number of aromatic nitrogens is 1. The lowest BCUT2D eigenvalue weighted by Gasteiger charge is -2.11. The SMILES string of the molecule is COc1ccc(-c2nc(CC(=O)OCC(=O)Nc3c(C)cc(C)cc3Cl)cs2)cc1OC. The average Bonchev–Trinajstić information content (AvgIpc) is 3.22. The van der Waals surface area contributed by atoms with E-state index in [0.717, 1.165) is 21.7 Å². The van der Waals surface area contributed by atoms with Gasteiger partial charge in [0.15, 0.2) is 18.1 Å². The Hall–Kier alpha value is -3.10. The second-order valence-corrected chi connectivity index (χ2v) is 8.30. The molecule has 1 heterocycles. The second kappa shape index (κ2) is 10.5. The smallest absolute Gasteiger partial charge is 0.312 e. The fourth-order valence-electron chi connectivity index (χ4n) is 3.08. The summed E-state index contributed by atoms with van der Waals surface area (Å²) in [4.78, 5) is 28.8. The molecule has 0 fully saturated rings. The van der Waals surface area contributed by atoms with E-state index in [1.54, 1.807) is 31.7 Å². The van der Waals surface area contributed by atoms with Crippen molar-refractivity contribution in [1.29, 1.82) is 0 Å². The molecule has 0 aliphatic rings. The number of amides is 1. The summed E-state index contributed by atoms with van der Waals surface area (Å²) >= 11 is 7.59. The van der Waals surface area contributed by atoms with Gasteiger partial charge in [-0.3, -0.25) is 9.59 Å². The summed E-state index contributed by atoms with van der Waals surface area (Å²) in [7, 11) is 3.14. The Balaban J connectivity index is 1.56. The first kappa shape index (κ1) is 23.6. The molecular weight excluding hydrogens is 452 g/mol. The number of carbonyl (C=O) groups excluding carboxylic acids is 2. The molecule has 7 nitrogen and oxygen atoms in total. The Kier molecular flexibility index (Phi) is 7.71. The van der Waals surface area contributed by atoms with Gasteiger partial charge in [0.1, 0.15) is 5.01 Å². The van der Waals surface area contributed by atoms with Crippen LogP contribution >= 0.6 is 22.9 Å². The van der Waals surface area contributed by atoms with E-state index in [2.05, 4.69) is 10.3 Å². The molecule has 0 aliphatic heterocycles. The van der Waals surface area contributed by atoms with Gasteiger partial charge in [0.05, 0.1) is 37.0 Å². The van der Waals surface area contributed by atoms with E-state index < -0.39 is 18.5 Å². The number of rotatable bonds is 8. The maximum atomic E-state index is 12.2. The van der Waals surface area contributed by atoms with Gasteiger partial charge in [0, 0.05) is 10.9 Å². The van der Waals surface area contributed by atoms with Crippen LogP contribution in [0.15, 0.2) is 35.7 Å². The van der Waals surface area contributed by atoms with E-state index in [9.17, 15) is 9.59 Å². The van der Waals surface area contributed by atoms with Gasteiger partial charge in [-0.25, -0.2) is 4.98 Å². The summed E-state index contributed by atoms with van der Waals surface area (Å²) in [6.45, 7) is 3.36. The van der Waals surface area contributed by atoms with Gasteiger partial charge in [-0.1, -0.05) is 17.7 Å². The molecule has 0 spiro atoms. The van der Waals surface area contributed by atoms with Crippen molar-refractivity contribution in [3.8, 4) is 22.1 Å². The van der Waals surface area contributed by atoms with Crippen molar-refractivity contribution < 1.29 is 23.8 Å². The molecule has 9 heteroatoms. The minimum absolute atomic E-state index is 0.0403. The number of halogens is 1. The zero-order chi connectivity index (χ0) is 23.3. The molecule has 0 bridgehead atoms. The quantitative estimate of drug-likeness (QED) is 0.471. The number of methoxy groups -OCH3 is 2. The van der Waals surface area contributed by atoms with Gasteiger partial charge in [0.2, 0.25) is 0 Å². The van der Waals surface area contributed by atoms with E-state index >= 15 is 0 Å². The van der Waals surface area contributed by atoms with E-state index in [-0.39, 0.29) is 6.42 Å². The normalized spacial score (nSPS) is 10.5. The highest BCUT2D eigenvalue weighted by atomic mass is 35.5. The van der Waals surface area contributed by atoms with E-state index in [4.69, 9.17) is 25.8 Å². The molecule has 0 unspecified atom stereocenters. The third-order valence-corrected chi connectivity index (χ3v) is 5.81. The Labute approximate surface area is 195 Å². The highest BCUT2D eigenvalue weighted by Crippen LogP contribution is 2.33. The topological polar surface area (TPSA) is 86.8 Å². The third kappa shape index (κ3) is 5.77. The van der Waals surface area contributed by atoms with Gasteiger partial charge in [-0.05, 0) is 49.2 Å². The van der Waals surface area contributed by atoms with Gasteiger partial charge < -0.3 is 19.5 Å². The fraction of sp³-hybridized carbons (Fsp3) is 0.261. The van der Waals surface area contributed by atoms with Crippen LogP contribution in [0.5, 0.6) is 11.5 Å². The highest BCUT2D eigenvalue weighted by molar-refractivity contribution is 7.13. The van der Waals surface area contributed by atoms with Crippen molar-refractivity contribution in [3.05, 3.63) is 57.6 Å². The molecule has 0 saturated heterocycles. The molecular formula is C23H23ClN2O5S. The molecule has 1 N–H and O–H groups in total. The number of hydrogen-bond acceptors (Lipinski definition) is 7. The molecule has 1 amide bonds. The van der Waals surface area contributed by atoms with Crippen LogP contribution in [0.25, 0.3) is 10.6 Å². The number of benzene rings is 2. The van der Waals surface area contributed by atoms with Crippen molar-refractivity contribution in [2.75, 3.05) is 26.1 Å². The first-order valence-corrected chi connectivity index (χ1v) is 11.0. The molecule has 32 heavy (non-hydrogen) atoms. The number of nitrogens with one attached hydrogen (secondary N) is 1.